The summed E-state index contributed by atoms with van der Waals surface area (Å²) in [5.41, 5.74) is 0.569. The molecule has 0 bridgehead atoms. The summed E-state index contributed by atoms with van der Waals surface area (Å²) < 4.78 is 39.8. The molecule has 23 heavy (non-hydrogen) atoms. The molecule has 0 radical (unpaired) electrons. The van der Waals surface area contributed by atoms with Gasteiger partial charge in [0.1, 0.15) is 11.0 Å². The zero-order chi connectivity index (χ0) is 16.4. The summed E-state index contributed by atoms with van der Waals surface area (Å²) in [6, 6.07) is 0.121. The highest BCUT2D eigenvalue weighted by Gasteiger charge is 2.32. The number of thiazole rings is 1. The summed E-state index contributed by atoms with van der Waals surface area (Å²) in [5.74, 6) is 0.601. The summed E-state index contributed by atoms with van der Waals surface area (Å²) in [6.07, 6.45) is 2.26. The van der Waals surface area contributed by atoms with Crippen molar-refractivity contribution in [2.75, 3.05) is 17.7 Å². The zero-order valence-corrected chi connectivity index (χ0v) is 14.3. The Hall–Kier alpha value is -1.09. The molecule has 0 aliphatic heterocycles. The van der Waals surface area contributed by atoms with E-state index in [-0.39, 0.29) is 12.6 Å². The number of nitrogens with zero attached hydrogens (tertiary/aromatic N) is 4. The van der Waals surface area contributed by atoms with Crippen LogP contribution in [-0.2, 0) is 0 Å². The van der Waals surface area contributed by atoms with E-state index in [2.05, 4.69) is 15.0 Å². The van der Waals surface area contributed by atoms with Gasteiger partial charge in [-0.05, 0) is 19.1 Å². The SMILES string of the molecule is CSc1nc2ncnc(N(CCC(F)(F)F)C3CCCC3)c2s1. The molecule has 4 nitrogen and oxygen atoms in total. The Morgan fingerprint density at radius 2 is 2.04 bits per heavy atom. The van der Waals surface area contributed by atoms with Crippen molar-refractivity contribution in [1.29, 1.82) is 0 Å². The number of hydrogen-bond donors (Lipinski definition) is 0. The van der Waals surface area contributed by atoms with Crippen LogP contribution in [0.5, 0.6) is 0 Å². The highest BCUT2D eigenvalue weighted by atomic mass is 32.2. The summed E-state index contributed by atoms with van der Waals surface area (Å²) in [4.78, 5) is 14.7. The molecule has 2 aromatic rings. The van der Waals surface area contributed by atoms with E-state index in [9.17, 15) is 13.2 Å². The van der Waals surface area contributed by atoms with Gasteiger partial charge >= 0.3 is 6.18 Å². The Kier molecular flexibility index (Phi) is 4.96. The molecule has 0 N–H and O–H groups in total. The first-order valence-electron chi connectivity index (χ1n) is 7.47. The minimum absolute atomic E-state index is 0.0627. The predicted molar refractivity (Wildman–Crippen MR) is 87.3 cm³/mol. The number of halogens is 3. The number of anilines is 1. The molecule has 1 fully saturated rings. The van der Waals surface area contributed by atoms with Gasteiger partial charge in [0.2, 0.25) is 0 Å². The molecule has 0 aromatic carbocycles. The van der Waals surface area contributed by atoms with Crippen LogP contribution >= 0.6 is 23.1 Å². The van der Waals surface area contributed by atoms with E-state index in [1.54, 1.807) is 0 Å². The second-order valence-corrected chi connectivity index (χ2v) is 7.58. The first-order chi connectivity index (χ1) is 11.0. The Balaban J connectivity index is 1.96. The lowest BCUT2D eigenvalue weighted by molar-refractivity contribution is -0.132. The monoisotopic (exact) mass is 362 g/mol. The molecule has 0 atom stereocenters. The van der Waals surface area contributed by atoms with Crippen molar-refractivity contribution in [1.82, 2.24) is 15.0 Å². The zero-order valence-electron chi connectivity index (χ0n) is 12.6. The second-order valence-electron chi connectivity index (χ2n) is 5.53. The Labute approximate surface area is 140 Å². The number of rotatable bonds is 5. The highest BCUT2D eigenvalue weighted by molar-refractivity contribution is 8.00. The molecule has 0 saturated heterocycles. The number of alkyl halides is 3. The predicted octanol–water partition coefficient (Wildman–Crippen LogP) is 4.51. The van der Waals surface area contributed by atoms with Crippen molar-refractivity contribution in [3.63, 3.8) is 0 Å². The fraction of sp³-hybridized carbons (Fsp3) is 0.643. The Morgan fingerprint density at radius 1 is 1.30 bits per heavy atom. The molecule has 2 aromatic heterocycles. The fourth-order valence-corrected chi connectivity index (χ4v) is 4.46. The van der Waals surface area contributed by atoms with E-state index in [1.807, 2.05) is 11.2 Å². The van der Waals surface area contributed by atoms with Crippen molar-refractivity contribution in [2.24, 2.45) is 0 Å². The van der Waals surface area contributed by atoms with Gasteiger partial charge in [0.15, 0.2) is 15.8 Å². The molecule has 0 unspecified atom stereocenters. The molecule has 2 heterocycles. The normalized spacial score (nSPS) is 16.3. The van der Waals surface area contributed by atoms with Crippen LogP contribution in [0.1, 0.15) is 32.1 Å². The molecule has 3 rings (SSSR count). The molecule has 1 saturated carbocycles. The molecule has 0 amide bonds. The van der Waals surface area contributed by atoms with E-state index in [4.69, 9.17) is 0 Å². The van der Waals surface area contributed by atoms with E-state index >= 15 is 0 Å². The van der Waals surface area contributed by atoms with Gasteiger partial charge in [-0.25, -0.2) is 15.0 Å². The van der Waals surface area contributed by atoms with Crippen LogP contribution in [0.2, 0.25) is 0 Å². The third-order valence-corrected chi connectivity index (χ3v) is 6.03. The maximum atomic E-state index is 12.7. The smallest absolute Gasteiger partial charge is 0.352 e. The fourth-order valence-electron chi connectivity index (χ4n) is 2.94. The number of thioether (sulfide) groups is 1. The van der Waals surface area contributed by atoms with Gasteiger partial charge in [0.25, 0.3) is 0 Å². The Bertz CT molecular complexity index is 668. The van der Waals surface area contributed by atoms with Gasteiger partial charge in [-0.3, -0.25) is 0 Å². The van der Waals surface area contributed by atoms with Crippen LogP contribution in [0.15, 0.2) is 10.7 Å². The van der Waals surface area contributed by atoms with Crippen molar-refractivity contribution in [2.45, 2.75) is 48.7 Å². The number of hydrogen-bond acceptors (Lipinski definition) is 6. The molecule has 9 heteroatoms. The van der Waals surface area contributed by atoms with E-state index in [0.717, 1.165) is 34.7 Å². The average Bonchev–Trinajstić information content (AvgIpc) is 3.15. The van der Waals surface area contributed by atoms with Crippen molar-refractivity contribution >= 4 is 39.3 Å². The van der Waals surface area contributed by atoms with Crippen molar-refractivity contribution < 1.29 is 13.2 Å². The van der Waals surface area contributed by atoms with Crippen LogP contribution in [0.25, 0.3) is 10.3 Å². The first kappa shape index (κ1) is 16.8. The maximum absolute atomic E-state index is 12.7. The third kappa shape index (κ3) is 3.88. The van der Waals surface area contributed by atoms with Crippen LogP contribution in [0.4, 0.5) is 19.0 Å². The molecule has 126 valence electrons. The second kappa shape index (κ2) is 6.80. The van der Waals surface area contributed by atoms with Gasteiger partial charge in [-0.2, -0.15) is 13.2 Å². The minimum Gasteiger partial charge on any atom is -0.352 e. The van der Waals surface area contributed by atoms with Crippen LogP contribution < -0.4 is 4.90 Å². The molecular formula is C14H17F3N4S2. The van der Waals surface area contributed by atoms with Gasteiger partial charge in [0, 0.05) is 12.6 Å². The van der Waals surface area contributed by atoms with Gasteiger partial charge in [-0.1, -0.05) is 24.6 Å². The molecule has 1 aliphatic rings. The number of fused-ring (bicyclic) bond motifs is 1. The summed E-state index contributed by atoms with van der Waals surface area (Å²) in [5, 5.41) is 0. The summed E-state index contributed by atoms with van der Waals surface area (Å²) in [6.45, 7) is -0.0627. The average molecular weight is 362 g/mol. The van der Waals surface area contributed by atoms with E-state index < -0.39 is 12.6 Å². The Morgan fingerprint density at radius 3 is 2.70 bits per heavy atom. The van der Waals surface area contributed by atoms with Gasteiger partial charge in [0.05, 0.1) is 6.42 Å². The van der Waals surface area contributed by atoms with Gasteiger partial charge < -0.3 is 4.90 Å². The number of aromatic nitrogens is 3. The summed E-state index contributed by atoms with van der Waals surface area (Å²) in [7, 11) is 0. The van der Waals surface area contributed by atoms with Crippen LogP contribution in [0.3, 0.4) is 0 Å². The quantitative estimate of drug-likeness (QED) is 0.732. The van der Waals surface area contributed by atoms with Gasteiger partial charge in [-0.15, -0.1) is 11.3 Å². The summed E-state index contributed by atoms with van der Waals surface area (Å²) >= 11 is 2.95. The van der Waals surface area contributed by atoms with Crippen LogP contribution in [0, 0.1) is 0 Å². The van der Waals surface area contributed by atoms with E-state index in [0.29, 0.717) is 11.5 Å². The highest BCUT2D eigenvalue weighted by Crippen LogP contribution is 2.36. The largest absolute Gasteiger partial charge is 0.390 e. The third-order valence-electron chi connectivity index (χ3n) is 4.00. The lowest BCUT2D eigenvalue weighted by Crippen LogP contribution is -2.36. The topological polar surface area (TPSA) is 41.9 Å². The van der Waals surface area contributed by atoms with Crippen molar-refractivity contribution in [3.05, 3.63) is 6.33 Å². The molecule has 1 aliphatic carbocycles. The minimum atomic E-state index is -4.17. The lowest BCUT2D eigenvalue weighted by atomic mass is 10.2. The first-order valence-corrected chi connectivity index (χ1v) is 9.51. The molecular weight excluding hydrogens is 345 g/mol. The van der Waals surface area contributed by atoms with Crippen LogP contribution in [-0.4, -0.2) is 40.0 Å². The lowest BCUT2D eigenvalue weighted by Gasteiger charge is -2.30. The standard InChI is InChI=1S/C14H17F3N4S2/c1-22-13-20-11-10(23-13)12(19-8-18-11)21(7-6-14(15,16)17)9-4-2-3-5-9/h8-9H,2-7H2,1H3. The van der Waals surface area contributed by atoms with E-state index in [1.165, 1.54) is 29.4 Å². The van der Waals surface area contributed by atoms with Crippen molar-refractivity contribution in [3.8, 4) is 0 Å². The molecule has 0 spiro atoms. The maximum Gasteiger partial charge on any atom is 0.390 e.